The Morgan fingerprint density at radius 3 is 2.55 bits per heavy atom. The van der Waals surface area contributed by atoms with E-state index in [2.05, 4.69) is 10.5 Å². The maximum Gasteiger partial charge on any atom is 0.273 e. The summed E-state index contributed by atoms with van der Waals surface area (Å²) in [5.74, 6) is 0.504. The van der Waals surface area contributed by atoms with Gasteiger partial charge in [0, 0.05) is 10.6 Å². The number of ether oxygens (including phenoxy) is 2. The van der Waals surface area contributed by atoms with Crippen LogP contribution in [-0.4, -0.2) is 23.8 Å². The monoisotopic (exact) mass is 438 g/mol. The number of hydrazone groups is 1. The lowest BCUT2D eigenvalue weighted by molar-refractivity contribution is -0.129. The summed E-state index contributed by atoms with van der Waals surface area (Å²) in [6.45, 7) is 2.65. The molecule has 0 saturated heterocycles. The summed E-state index contributed by atoms with van der Waals surface area (Å²) in [5, 5.41) is 14.6. The molecule has 0 aromatic heterocycles. The topological polar surface area (TPSA) is 80.2 Å². The average Bonchev–Trinajstić information content (AvgIpc) is 2.79. The van der Waals surface area contributed by atoms with E-state index in [4.69, 9.17) is 21.1 Å². The maximum atomic E-state index is 12.1. The molecule has 160 valence electrons. The van der Waals surface area contributed by atoms with Gasteiger partial charge >= 0.3 is 0 Å². The van der Waals surface area contributed by atoms with E-state index in [-0.39, 0.29) is 0 Å². The lowest BCUT2D eigenvalue weighted by Crippen LogP contribution is -2.25. The fourth-order valence-electron chi connectivity index (χ4n) is 2.78. The molecule has 3 aromatic rings. The van der Waals surface area contributed by atoms with Crippen LogP contribution in [0.5, 0.6) is 11.5 Å². The molecule has 3 aromatic carbocycles. The summed E-state index contributed by atoms with van der Waals surface area (Å²) in [6.07, 6.45) is 0.175. The van der Waals surface area contributed by atoms with E-state index in [0.717, 1.165) is 5.56 Å². The number of nitrogens with zero attached hydrogens (tertiary/aromatic N) is 1. The standard InChI is InChI=1S/C24H23ClN2O4/c1-2-30-22-14-17(12-13-21(22)31-16-19-10-6-7-11-20(19)25)15-26-27-24(29)23(28)18-8-4-3-5-9-18/h3-15,23,28H,2,16H2,1H3,(H,27,29)/b26-15-/t23-/m0/s1. The van der Waals surface area contributed by atoms with Crippen molar-refractivity contribution in [3.05, 3.63) is 94.5 Å². The van der Waals surface area contributed by atoms with Crippen LogP contribution >= 0.6 is 11.6 Å². The molecular weight excluding hydrogens is 416 g/mol. The Bertz CT molecular complexity index is 1040. The Morgan fingerprint density at radius 1 is 1.06 bits per heavy atom. The summed E-state index contributed by atoms with van der Waals surface area (Å²) >= 11 is 6.18. The van der Waals surface area contributed by atoms with Crippen LogP contribution in [0.2, 0.25) is 5.02 Å². The molecule has 0 saturated carbocycles. The quantitative estimate of drug-likeness (QED) is 0.380. The fraction of sp³-hybridized carbons (Fsp3) is 0.167. The summed E-state index contributed by atoms with van der Waals surface area (Å²) in [5.41, 5.74) is 4.41. The van der Waals surface area contributed by atoms with E-state index in [1.165, 1.54) is 6.21 Å². The van der Waals surface area contributed by atoms with Crippen LogP contribution in [0.4, 0.5) is 0 Å². The highest BCUT2D eigenvalue weighted by Crippen LogP contribution is 2.29. The van der Waals surface area contributed by atoms with E-state index in [1.807, 2.05) is 37.3 Å². The molecule has 0 aliphatic heterocycles. The third-order valence-electron chi connectivity index (χ3n) is 4.36. The second-order valence-corrected chi connectivity index (χ2v) is 6.97. The van der Waals surface area contributed by atoms with Gasteiger partial charge in [0.2, 0.25) is 0 Å². The van der Waals surface area contributed by atoms with Crippen molar-refractivity contribution in [1.82, 2.24) is 5.43 Å². The summed E-state index contributed by atoms with van der Waals surface area (Å²) < 4.78 is 11.6. The Hall–Kier alpha value is -3.35. The van der Waals surface area contributed by atoms with Gasteiger partial charge in [0.25, 0.3) is 5.91 Å². The van der Waals surface area contributed by atoms with Gasteiger partial charge in [0.1, 0.15) is 6.61 Å². The SMILES string of the molecule is CCOc1cc(/C=N\NC(=O)[C@@H](O)c2ccccc2)ccc1OCc1ccccc1Cl. The third kappa shape index (κ3) is 6.31. The molecule has 3 rings (SSSR count). The van der Waals surface area contributed by atoms with Crippen LogP contribution in [0.15, 0.2) is 77.9 Å². The molecule has 0 unspecified atom stereocenters. The predicted octanol–water partition coefficient (Wildman–Crippen LogP) is 4.50. The Morgan fingerprint density at radius 2 is 1.81 bits per heavy atom. The molecular formula is C24H23ClN2O4. The van der Waals surface area contributed by atoms with E-state index >= 15 is 0 Å². The minimum Gasteiger partial charge on any atom is -0.490 e. The second-order valence-electron chi connectivity index (χ2n) is 6.57. The zero-order valence-electron chi connectivity index (χ0n) is 17.0. The van der Waals surface area contributed by atoms with Crippen molar-refractivity contribution in [2.45, 2.75) is 19.6 Å². The largest absolute Gasteiger partial charge is 0.490 e. The molecule has 0 fully saturated rings. The summed E-state index contributed by atoms with van der Waals surface area (Å²) in [6, 6.07) is 21.4. The molecule has 31 heavy (non-hydrogen) atoms. The Balaban J connectivity index is 1.64. The number of halogens is 1. The van der Waals surface area contributed by atoms with Gasteiger partial charge in [-0.3, -0.25) is 4.79 Å². The fourth-order valence-corrected chi connectivity index (χ4v) is 2.97. The number of nitrogens with one attached hydrogen (secondary N) is 1. The lowest BCUT2D eigenvalue weighted by Gasteiger charge is -2.13. The van der Waals surface area contributed by atoms with Crippen LogP contribution in [0, 0.1) is 0 Å². The van der Waals surface area contributed by atoms with Gasteiger partial charge in [-0.15, -0.1) is 0 Å². The second kappa shape index (κ2) is 11.2. The molecule has 0 bridgehead atoms. The Labute approximate surface area is 186 Å². The average molecular weight is 439 g/mol. The summed E-state index contributed by atoms with van der Waals surface area (Å²) in [7, 11) is 0. The number of aliphatic hydroxyl groups excluding tert-OH is 1. The number of rotatable bonds is 9. The van der Waals surface area contributed by atoms with Crippen LogP contribution in [-0.2, 0) is 11.4 Å². The number of carbonyl (C=O) groups excluding carboxylic acids is 1. The zero-order valence-corrected chi connectivity index (χ0v) is 17.8. The molecule has 0 radical (unpaired) electrons. The van der Waals surface area contributed by atoms with Gasteiger partial charge in [0.15, 0.2) is 17.6 Å². The van der Waals surface area contributed by atoms with Crippen molar-refractivity contribution in [2.75, 3.05) is 6.61 Å². The van der Waals surface area contributed by atoms with E-state index in [0.29, 0.717) is 40.9 Å². The molecule has 1 amide bonds. The number of aliphatic hydroxyl groups is 1. The molecule has 0 aliphatic carbocycles. The van der Waals surface area contributed by atoms with Gasteiger partial charge in [-0.1, -0.05) is 60.1 Å². The number of amides is 1. The zero-order chi connectivity index (χ0) is 22.1. The lowest BCUT2D eigenvalue weighted by atomic mass is 10.1. The highest BCUT2D eigenvalue weighted by Gasteiger charge is 2.16. The molecule has 6 nitrogen and oxygen atoms in total. The number of carbonyl (C=O) groups is 1. The highest BCUT2D eigenvalue weighted by molar-refractivity contribution is 6.31. The minimum absolute atomic E-state index is 0.306. The highest BCUT2D eigenvalue weighted by atomic mass is 35.5. The first kappa shape index (κ1) is 22.3. The first-order valence-electron chi connectivity index (χ1n) is 9.77. The van der Waals surface area contributed by atoms with Crippen LogP contribution in [0.3, 0.4) is 0 Å². The van der Waals surface area contributed by atoms with Gasteiger partial charge in [-0.25, -0.2) is 5.43 Å². The number of benzene rings is 3. The normalized spacial score (nSPS) is 11.8. The first-order chi connectivity index (χ1) is 15.1. The van der Waals surface area contributed by atoms with Crippen molar-refractivity contribution in [2.24, 2.45) is 5.10 Å². The van der Waals surface area contributed by atoms with Gasteiger partial charge < -0.3 is 14.6 Å². The van der Waals surface area contributed by atoms with Crippen molar-refractivity contribution in [3.8, 4) is 11.5 Å². The van der Waals surface area contributed by atoms with Crippen molar-refractivity contribution < 1.29 is 19.4 Å². The Kier molecular flexibility index (Phi) is 8.04. The van der Waals surface area contributed by atoms with Gasteiger partial charge in [-0.05, 0) is 42.3 Å². The van der Waals surface area contributed by atoms with Crippen LogP contribution in [0.25, 0.3) is 0 Å². The van der Waals surface area contributed by atoms with Crippen molar-refractivity contribution >= 4 is 23.7 Å². The van der Waals surface area contributed by atoms with E-state index in [9.17, 15) is 9.90 Å². The summed E-state index contributed by atoms with van der Waals surface area (Å²) in [4.78, 5) is 12.1. The van der Waals surface area contributed by atoms with E-state index in [1.54, 1.807) is 42.5 Å². The molecule has 0 aliphatic rings. The molecule has 7 heteroatoms. The minimum atomic E-state index is -1.29. The van der Waals surface area contributed by atoms with Crippen molar-refractivity contribution in [1.29, 1.82) is 0 Å². The van der Waals surface area contributed by atoms with Crippen molar-refractivity contribution in [3.63, 3.8) is 0 Å². The third-order valence-corrected chi connectivity index (χ3v) is 4.73. The first-order valence-corrected chi connectivity index (χ1v) is 10.1. The van der Waals surface area contributed by atoms with Crippen LogP contribution in [0.1, 0.15) is 29.7 Å². The van der Waals surface area contributed by atoms with Gasteiger partial charge in [-0.2, -0.15) is 5.10 Å². The predicted molar refractivity (Wildman–Crippen MR) is 121 cm³/mol. The maximum absolute atomic E-state index is 12.1. The number of hydrogen-bond donors (Lipinski definition) is 2. The van der Waals surface area contributed by atoms with Crippen LogP contribution < -0.4 is 14.9 Å². The molecule has 0 spiro atoms. The number of hydrogen-bond acceptors (Lipinski definition) is 5. The smallest absolute Gasteiger partial charge is 0.273 e. The molecule has 2 N–H and O–H groups in total. The molecule has 1 atom stereocenters. The van der Waals surface area contributed by atoms with E-state index < -0.39 is 12.0 Å². The van der Waals surface area contributed by atoms with Gasteiger partial charge in [0.05, 0.1) is 12.8 Å². The molecule has 0 heterocycles.